The molecule has 0 bridgehead atoms. The first-order valence-corrected chi connectivity index (χ1v) is 5.04. The van der Waals surface area contributed by atoms with Crippen LogP contribution in [0.2, 0.25) is 0 Å². The van der Waals surface area contributed by atoms with Gasteiger partial charge in [0.15, 0.2) is 0 Å². The second-order valence-electron chi connectivity index (χ2n) is 3.70. The summed E-state index contributed by atoms with van der Waals surface area (Å²) in [6, 6.07) is 1.04. The number of nitrogens with zero attached hydrogens (tertiary/aromatic N) is 1. The van der Waals surface area contributed by atoms with Crippen LogP contribution in [-0.2, 0) is 4.74 Å². The second-order valence-corrected chi connectivity index (χ2v) is 3.70. The highest BCUT2D eigenvalue weighted by atomic mass is 16.5. The van der Waals surface area contributed by atoms with E-state index in [1.165, 1.54) is 0 Å². The van der Waals surface area contributed by atoms with Gasteiger partial charge in [-0.25, -0.2) is 0 Å². The van der Waals surface area contributed by atoms with Crippen molar-refractivity contribution < 1.29 is 4.74 Å². The average molecular weight is 188 g/mol. The van der Waals surface area contributed by atoms with Crippen molar-refractivity contribution in [3.05, 3.63) is 0 Å². The summed E-state index contributed by atoms with van der Waals surface area (Å²) in [7, 11) is 3.88. The smallest absolute Gasteiger partial charge is 0.0615 e. The Balaban J connectivity index is 3.64. The molecule has 3 heteroatoms. The van der Waals surface area contributed by atoms with Gasteiger partial charge in [0.05, 0.1) is 6.61 Å². The maximum Gasteiger partial charge on any atom is 0.0615 e. The molecule has 0 aliphatic carbocycles. The van der Waals surface area contributed by atoms with Crippen molar-refractivity contribution in [2.45, 2.75) is 32.9 Å². The number of hydrogen-bond donors (Lipinski definition) is 1. The van der Waals surface area contributed by atoms with Crippen LogP contribution in [0.1, 0.15) is 20.8 Å². The van der Waals surface area contributed by atoms with Crippen LogP contribution >= 0.6 is 0 Å². The molecule has 0 aliphatic rings. The molecule has 0 spiro atoms. The summed E-state index contributed by atoms with van der Waals surface area (Å²) >= 11 is 0. The summed E-state index contributed by atoms with van der Waals surface area (Å²) in [5.41, 5.74) is 0. The monoisotopic (exact) mass is 188 g/mol. The predicted octanol–water partition coefficient (Wildman–Crippen LogP) is 0.951. The van der Waals surface area contributed by atoms with E-state index in [-0.39, 0.29) is 0 Å². The van der Waals surface area contributed by atoms with E-state index in [9.17, 15) is 0 Å². The first kappa shape index (κ1) is 12.9. The zero-order chi connectivity index (χ0) is 10.3. The van der Waals surface area contributed by atoms with Crippen LogP contribution in [0.15, 0.2) is 0 Å². The maximum absolute atomic E-state index is 5.10. The van der Waals surface area contributed by atoms with E-state index in [2.05, 4.69) is 38.0 Å². The summed E-state index contributed by atoms with van der Waals surface area (Å²) in [5.74, 6) is 0. The van der Waals surface area contributed by atoms with Gasteiger partial charge in [-0.15, -0.1) is 0 Å². The molecule has 0 saturated heterocycles. The molecule has 0 amide bonds. The van der Waals surface area contributed by atoms with Gasteiger partial charge in [-0.3, -0.25) is 4.90 Å². The van der Waals surface area contributed by atoms with E-state index in [0.29, 0.717) is 12.1 Å². The highest BCUT2D eigenvalue weighted by molar-refractivity contribution is 4.69. The van der Waals surface area contributed by atoms with Gasteiger partial charge in [0.2, 0.25) is 0 Å². The SMILES string of the molecule is CCNC(C)CN(C)C(C)COC. The Morgan fingerprint density at radius 3 is 2.46 bits per heavy atom. The molecule has 1 N–H and O–H groups in total. The molecule has 0 heterocycles. The lowest BCUT2D eigenvalue weighted by Gasteiger charge is -2.27. The zero-order valence-corrected chi connectivity index (χ0v) is 9.63. The fourth-order valence-corrected chi connectivity index (χ4v) is 1.39. The second kappa shape index (κ2) is 7.30. The molecule has 0 fully saturated rings. The van der Waals surface area contributed by atoms with Crippen molar-refractivity contribution in [2.75, 3.05) is 33.9 Å². The Hall–Kier alpha value is -0.120. The van der Waals surface area contributed by atoms with Crippen LogP contribution in [0, 0.1) is 0 Å². The van der Waals surface area contributed by atoms with Crippen LogP contribution in [-0.4, -0.2) is 50.8 Å². The van der Waals surface area contributed by atoms with Crippen molar-refractivity contribution in [3.8, 4) is 0 Å². The van der Waals surface area contributed by atoms with E-state index < -0.39 is 0 Å². The minimum atomic E-state index is 0.492. The van der Waals surface area contributed by atoms with Gasteiger partial charge in [-0.2, -0.15) is 0 Å². The standard InChI is InChI=1S/C10H24N2O/c1-6-11-9(2)7-12(4)10(3)8-13-5/h9-11H,6-8H2,1-5H3. The quantitative estimate of drug-likeness (QED) is 0.644. The van der Waals surface area contributed by atoms with Crippen molar-refractivity contribution >= 4 is 0 Å². The maximum atomic E-state index is 5.10. The Bertz CT molecular complexity index is 119. The highest BCUT2D eigenvalue weighted by Crippen LogP contribution is 1.97. The number of nitrogens with one attached hydrogen (secondary N) is 1. The third-order valence-electron chi connectivity index (χ3n) is 2.27. The average Bonchev–Trinajstić information content (AvgIpc) is 2.05. The number of rotatable bonds is 7. The molecule has 0 aromatic rings. The largest absolute Gasteiger partial charge is 0.383 e. The van der Waals surface area contributed by atoms with Crippen molar-refractivity contribution in [2.24, 2.45) is 0 Å². The summed E-state index contributed by atoms with van der Waals surface area (Å²) in [6.07, 6.45) is 0. The number of ether oxygens (including phenoxy) is 1. The molecule has 0 aromatic heterocycles. The molecule has 2 unspecified atom stereocenters. The van der Waals surface area contributed by atoms with Gasteiger partial charge in [0.1, 0.15) is 0 Å². The van der Waals surface area contributed by atoms with E-state index >= 15 is 0 Å². The van der Waals surface area contributed by atoms with E-state index in [4.69, 9.17) is 4.74 Å². The molecule has 0 aliphatic heterocycles. The Kier molecular flexibility index (Phi) is 7.23. The van der Waals surface area contributed by atoms with Crippen LogP contribution in [0.4, 0.5) is 0 Å². The Morgan fingerprint density at radius 2 is 2.00 bits per heavy atom. The minimum absolute atomic E-state index is 0.492. The summed E-state index contributed by atoms with van der Waals surface area (Å²) in [5, 5.41) is 3.39. The topological polar surface area (TPSA) is 24.5 Å². The first-order valence-electron chi connectivity index (χ1n) is 5.04. The number of methoxy groups -OCH3 is 1. The van der Waals surface area contributed by atoms with Gasteiger partial charge in [-0.1, -0.05) is 6.92 Å². The number of hydrogen-bond acceptors (Lipinski definition) is 3. The van der Waals surface area contributed by atoms with Crippen molar-refractivity contribution in [1.29, 1.82) is 0 Å². The van der Waals surface area contributed by atoms with Gasteiger partial charge in [0, 0.05) is 25.7 Å². The first-order chi connectivity index (χ1) is 6.11. The molecule has 0 radical (unpaired) electrons. The molecule has 0 aromatic carbocycles. The molecular weight excluding hydrogens is 164 g/mol. The number of likely N-dealkylation sites (N-methyl/N-ethyl adjacent to an activating group) is 2. The van der Waals surface area contributed by atoms with E-state index in [0.717, 1.165) is 19.7 Å². The fraction of sp³-hybridized carbons (Fsp3) is 1.00. The molecular formula is C10H24N2O. The molecule has 13 heavy (non-hydrogen) atoms. The lowest BCUT2D eigenvalue weighted by atomic mass is 10.2. The molecule has 0 saturated carbocycles. The predicted molar refractivity (Wildman–Crippen MR) is 57.1 cm³/mol. The van der Waals surface area contributed by atoms with Gasteiger partial charge in [-0.05, 0) is 27.4 Å². The third kappa shape index (κ3) is 6.02. The Morgan fingerprint density at radius 1 is 1.38 bits per heavy atom. The van der Waals surface area contributed by atoms with Crippen LogP contribution in [0.3, 0.4) is 0 Å². The fourth-order valence-electron chi connectivity index (χ4n) is 1.39. The minimum Gasteiger partial charge on any atom is -0.383 e. The van der Waals surface area contributed by atoms with Crippen LogP contribution < -0.4 is 5.32 Å². The summed E-state index contributed by atoms with van der Waals surface area (Å²) in [6.45, 7) is 9.43. The molecule has 2 atom stereocenters. The van der Waals surface area contributed by atoms with E-state index in [1.54, 1.807) is 7.11 Å². The van der Waals surface area contributed by atoms with Crippen molar-refractivity contribution in [1.82, 2.24) is 10.2 Å². The third-order valence-corrected chi connectivity index (χ3v) is 2.27. The van der Waals surface area contributed by atoms with E-state index in [1.807, 2.05) is 0 Å². The van der Waals surface area contributed by atoms with Gasteiger partial charge >= 0.3 is 0 Å². The van der Waals surface area contributed by atoms with Crippen LogP contribution in [0.25, 0.3) is 0 Å². The highest BCUT2D eigenvalue weighted by Gasteiger charge is 2.11. The molecule has 80 valence electrons. The Labute approximate surface area is 82.4 Å². The molecule has 3 nitrogen and oxygen atoms in total. The van der Waals surface area contributed by atoms with Crippen molar-refractivity contribution in [3.63, 3.8) is 0 Å². The zero-order valence-electron chi connectivity index (χ0n) is 9.63. The molecule has 0 rings (SSSR count). The normalized spacial score (nSPS) is 16.2. The summed E-state index contributed by atoms with van der Waals surface area (Å²) < 4.78 is 5.10. The lowest BCUT2D eigenvalue weighted by Crippen LogP contribution is -2.42. The van der Waals surface area contributed by atoms with Gasteiger partial charge in [0.25, 0.3) is 0 Å². The summed E-state index contributed by atoms with van der Waals surface area (Å²) in [4.78, 5) is 2.32. The van der Waals surface area contributed by atoms with Gasteiger partial charge < -0.3 is 10.1 Å². The lowest BCUT2D eigenvalue weighted by molar-refractivity contribution is 0.111. The van der Waals surface area contributed by atoms with Crippen LogP contribution in [0.5, 0.6) is 0 Å².